The first-order valence-electron chi connectivity index (χ1n) is 5.37. The molecule has 0 spiro atoms. The first kappa shape index (κ1) is 11.7. The summed E-state index contributed by atoms with van der Waals surface area (Å²) < 4.78 is 24.8. The molecular weight excluding hydrogens is 220 g/mol. The summed E-state index contributed by atoms with van der Waals surface area (Å²) in [5.41, 5.74) is 7.89. The Labute approximate surface area is 98.9 Å². The molecule has 2 aromatic carbocycles. The second-order valence-electron chi connectivity index (χ2n) is 3.85. The molecule has 2 aromatic rings. The van der Waals surface area contributed by atoms with Crippen LogP contribution in [0.15, 0.2) is 54.6 Å². The third-order valence-corrected chi connectivity index (χ3v) is 2.67. The van der Waals surface area contributed by atoms with Gasteiger partial charge in [-0.05, 0) is 16.7 Å². The van der Waals surface area contributed by atoms with Gasteiger partial charge in [-0.25, -0.2) is 8.78 Å². The Hall–Kier alpha value is -1.74. The van der Waals surface area contributed by atoms with Crippen LogP contribution in [0, 0.1) is 0 Å². The summed E-state index contributed by atoms with van der Waals surface area (Å²) in [5.74, 6) is 0. The summed E-state index contributed by atoms with van der Waals surface area (Å²) in [6.07, 6.45) is -2.53. The highest BCUT2D eigenvalue weighted by atomic mass is 19.3. The molecule has 0 bridgehead atoms. The van der Waals surface area contributed by atoms with Crippen LogP contribution < -0.4 is 5.73 Å². The van der Waals surface area contributed by atoms with Crippen molar-refractivity contribution in [1.29, 1.82) is 0 Å². The maximum atomic E-state index is 12.4. The van der Waals surface area contributed by atoms with Crippen molar-refractivity contribution < 1.29 is 8.78 Å². The Balaban J connectivity index is 2.25. The van der Waals surface area contributed by atoms with Crippen LogP contribution in [-0.4, -0.2) is 6.43 Å². The molecule has 2 N–H and O–H groups in total. The topological polar surface area (TPSA) is 26.0 Å². The van der Waals surface area contributed by atoms with E-state index in [1.165, 1.54) is 0 Å². The summed E-state index contributed by atoms with van der Waals surface area (Å²) >= 11 is 0. The molecule has 0 aliphatic heterocycles. The van der Waals surface area contributed by atoms with Crippen molar-refractivity contribution in [2.24, 2.45) is 5.73 Å². The number of alkyl halides is 2. The fraction of sp³-hybridized carbons (Fsp3) is 0.143. The summed E-state index contributed by atoms with van der Waals surface area (Å²) in [6.45, 7) is 0. The highest BCUT2D eigenvalue weighted by Crippen LogP contribution is 2.23. The predicted octanol–water partition coefficient (Wildman–Crippen LogP) is 3.62. The van der Waals surface area contributed by atoms with E-state index < -0.39 is 12.5 Å². The third-order valence-electron chi connectivity index (χ3n) is 2.67. The van der Waals surface area contributed by atoms with Gasteiger partial charge in [0.15, 0.2) is 0 Å². The van der Waals surface area contributed by atoms with Gasteiger partial charge in [-0.15, -0.1) is 0 Å². The lowest BCUT2D eigenvalue weighted by molar-refractivity contribution is 0.116. The Morgan fingerprint density at radius 2 is 1.29 bits per heavy atom. The second-order valence-corrected chi connectivity index (χ2v) is 3.85. The van der Waals surface area contributed by atoms with Crippen LogP contribution in [0.4, 0.5) is 8.78 Å². The molecular formula is C14H13F2N. The van der Waals surface area contributed by atoms with Gasteiger partial charge in [-0.1, -0.05) is 54.6 Å². The van der Waals surface area contributed by atoms with E-state index >= 15 is 0 Å². The first-order valence-corrected chi connectivity index (χ1v) is 5.37. The Kier molecular flexibility index (Phi) is 3.49. The molecule has 0 aliphatic rings. The quantitative estimate of drug-likeness (QED) is 0.860. The van der Waals surface area contributed by atoms with E-state index in [-0.39, 0.29) is 0 Å². The van der Waals surface area contributed by atoms with Crippen molar-refractivity contribution in [3.63, 3.8) is 0 Å². The van der Waals surface area contributed by atoms with Gasteiger partial charge >= 0.3 is 0 Å². The Morgan fingerprint density at radius 1 is 0.765 bits per heavy atom. The zero-order chi connectivity index (χ0) is 12.3. The van der Waals surface area contributed by atoms with Crippen LogP contribution in [0.3, 0.4) is 0 Å². The van der Waals surface area contributed by atoms with Crippen LogP contribution >= 0.6 is 0 Å². The van der Waals surface area contributed by atoms with Crippen molar-refractivity contribution in [2.45, 2.75) is 12.5 Å². The summed E-state index contributed by atoms with van der Waals surface area (Å²) in [7, 11) is 0. The maximum absolute atomic E-state index is 12.4. The number of rotatable bonds is 3. The highest BCUT2D eigenvalue weighted by Gasteiger charge is 2.16. The van der Waals surface area contributed by atoms with E-state index in [0.29, 0.717) is 5.56 Å². The Morgan fingerprint density at radius 3 is 1.82 bits per heavy atom. The molecule has 0 aliphatic carbocycles. The van der Waals surface area contributed by atoms with Gasteiger partial charge in [-0.2, -0.15) is 0 Å². The van der Waals surface area contributed by atoms with E-state index in [4.69, 9.17) is 5.73 Å². The van der Waals surface area contributed by atoms with E-state index in [9.17, 15) is 8.78 Å². The molecule has 0 amide bonds. The molecule has 1 nitrogen and oxygen atoms in total. The van der Waals surface area contributed by atoms with Gasteiger partial charge in [0.25, 0.3) is 6.43 Å². The molecule has 88 valence electrons. The molecule has 0 heterocycles. The molecule has 17 heavy (non-hydrogen) atoms. The zero-order valence-corrected chi connectivity index (χ0v) is 9.18. The number of hydrogen-bond donors (Lipinski definition) is 1. The van der Waals surface area contributed by atoms with Gasteiger partial charge in [0.05, 0.1) is 6.04 Å². The van der Waals surface area contributed by atoms with Crippen LogP contribution in [0.25, 0.3) is 11.1 Å². The fourth-order valence-corrected chi connectivity index (χ4v) is 1.67. The molecule has 3 heteroatoms. The fourth-order valence-electron chi connectivity index (χ4n) is 1.67. The van der Waals surface area contributed by atoms with Gasteiger partial charge < -0.3 is 5.73 Å². The molecule has 0 saturated heterocycles. The average Bonchev–Trinajstić information content (AvgIpc) is 2.39. The van der Waals surface area contributed by atoms with E-state index in [0.717, 1.165) is 11.1 Å². The largest absolute Gasteiger partial charge is 0.319 e. The van der Waals surface area contributed by atoms with Crippen molar-refractivity contribution in [1.82, 2.24) is 0 Å². The highest BCUT2D eigenvalue weighted by molar-refractivity contribution is 5.63. The monoisotopic (exact) mass is 233 g/mol. The predicted molar refractivity (Wildman–Crippen MR) is 64.8 cm³/mol. The zero-order valence-electron chi connectivity index (χ0n) is 9.18. The molecule has 0 aromatic heterocycles. The van der Waals surface area contributed by atoms with Crippen molar-refractivity contribution >= 4 is 0 Å². The summed E-state index contributed by atoms with van der Waals surface area (Å²) in [6, 6.07) is 15.5. The van der Waals surface area contributed by atoms with E-state index in [1.54, 1.807) is 12.1 Å². The number of halogens is 2. The number of nitrogens with two attached hydrogens (primary N) is 1. The summed E-state index contributed by atoms with van der Waals surface area (Å²) in [4.78, 5) is 0. The van der Waals surface area contributed by atoms with Crippen molar-refractivity contribution in [3.05, 3.63) is 60.2 Å². The first-order chi connectivity index (χ1) is 8.18. The lowest BCUT2D eigenvalue weighted by Crippen LogP contribution is -2.18. The van der Waals surface area contributed by atoms with Crippen molar-refractivity contribution in [3.8, 4) is 11.1 Å². The molecule has 1 atom stereocenters. The number of hydrogen-bond acceptors (Lipinski definition) is 1. The molecule has 0 saturated carbocycles. The molecule has 0 unspecified atom stereocenters. The van der Waals surface area contributed by atoms with Gasteiger partial charge in [0, 0.05) is 0 Å². The third kappa shape index (κ3) is 2.68. The molecule has 0 fully saturated rings. The normalized spacial score (nSPS) is 12.7. The van der Waals surface area contributed by atoms with Crippen molar-refractivity contribution in [2.75, 3.05) is 0 Å². The van der Waals surface area contributed by atoms with Gasteiger partial charge in [0.2, 0.25) is 0 Å². The summed E-state index contributed by atoms with van der Waals surface area (Å²) in [5, 5.41) is 0. The maximum Gasteiger partial charge on any atom is 0.257 e. The lowest BCUT2D eigenvalue weighted by atomic mass is 10.0. The lowest BCUT2D eigenvalue weighted by Gasteiger charge is -2.11. The average molecular weight is 233 g/mol. The van der Waals surface area contributed by atoms with Crippen LogP contribution in [0.5, 0.6) is 0 Å². The number of benzene rings is 2. The van der Waals surface area contributed by atoms with Gasteiger partial charge in [-0.3, -0.25) is 0 Å². The van der Waals surface area contributed by atoms with E-state index in [1.807, 2.05) is 42.5 Å². The standard InChI is InChI=1S/C14H13F2N/c15-14(16)13(17)12-8-6-11(7-9-12)10-4-2-1-3-5-10/h1-9,13-14H,17H2/t13-/m1/s1. The Bertz CT molecular complexity index is 465. The SMILES string of the molecule is N[C@H](c1ccc(-c2ccccc2)cc1)C(F)F. The minimum Gasteiger partial charge on any atom is -0.319 e. The minimum absolute atomic E-state index is 0.458. The van der Waals surface area contributed by atoms with Crippen LogP contribution in [0.2, 0.25) is 0 Å². The second kappa shape index (κ2) is 5.06. The van der Waals surface area contributed by atoms with Gasteiger partial charge in [0.1, 0.15) is 0 Å². The van der Waals surface area contributed by atoms with Crippen LogP contribution in [0.1, 0.15) is 11.6 Å². The molecule has 2 rings (SSSR count). The van der Waals surface area contributed by atoms with Crippen LogP contribution in [-0.2, 0) is 0 Å². The molecule has 0 radical (unpaired) electrons. The van der Waals surface area contributed by atoms with E-state index in [2.05, 4.69) is 0 Å². The minimum atomic E-state index is -2.53. The smallest absolute Gasteiger partial charge is 0.257 e.